The lowest BCUT2D eigenvalue weighted by Gasteiger charge is -2.19. The summed E-state index contributed by atoms with van der Waals surface area (Å²) in [5.74, 6) is 2.79. The van der Waals surface area contributed by atoms with Gasteiger partial charge in [0.15, 0.2) is 0 Å². The van der Waals surface area contributed by atoms with Crippen LogP contribution in [0.2, 0.25) is 0 Å². The smallest absolute Gasteiger partial charge is 0.123 e. The highest BCUT2D eigenvalue weighted by molar-refractivity contribution is 5.37. The summed E-state index contributed by atoms with van der Waals surface area (Å²) in [5.41, 5.74) is 2.17. The van der Waals surface area contributed by atoms with Crippen LogP contribution in [0.15, 0.2) is 18.2 Å². The van der Waals surface area contributed by atoms with Crippen molar-refractivity contribution in [2.45, 2.75) is 32.4 Å². The topological polar surface area (TPSA) is 32.7 Å². The van der Waals surface area contributed by atoms with Crippen molar-refractivity contribution in [2.24, 2.45) is 11.8 Å². The van der Waals surface area contributed by atoms with Crippen molar-refractivity contribution in [3.8, 4) is 5.75 Å². The predicted octanol–water partition coefficient (Wildman–Crippen LogP) is 2.42. The fourth-order valence-electron chi connectivity index (χ4n) is 3.76. The van der Waals surface area contributed by atoms with Gasteiger partial charge in [-0.15, -0.1) is 0 Å². The molecule has 1 saturated heterocycles. The molecule has 1 N–H and O–H groups in total. The van der Waals surface area contributed by atoms with Gasteiger partial charge in [0.25, 0.3) is 0 Å². The summed E-state index contributed by atoms with van der Waals surface area (Å²) in [6.45, 7) is 3.51. The van der Waals surface area contributed by atoms with Gasteiger partial charge >= 0.3 is 0 Å². The van der Waals surface area contributed by atoms with Crippen LogP contribution in [0.3, 0.4) is 0 Å². The fourth-order valence-corrected chi connectivity index (χ4v) is 3.76. The maximum absolute atomic E-state index is 9.26. The highest BCUT2D eigenvalue weighted by Crippen LogP contribution is 2.38. The Bertz CT molecular complexity index is 434. The summed E-state index contributed by atoms with van der Waals surface area (Å²) in [6.07, 6.45) is 4.25. The fraction of sp³-hybridized carbons (Fsp3) is 0.625. The lowest BCUT2D eigenvalue weighted by atomic mass is 10.0. The summed E-state index contributed by atoms with van der Waals surface area (Å²) in [6, 6.07) is 5.98. The molecular weight excluding hydrogens is 238 g/mol. The van der Waals surface area contributed by atoms with Gasteiger partial charge in [0.05, 0.1) is 13.7 Å². The van der Waals surface area contributed by atoms with Gasteiger partial charge in [-0.1, -0.05) is 12.5 Å². The largest absolute Gasteiger partial charge is 0.496 e. The van der Waals surface area contributed by atoms with Crippen LogP contribution >= 0.6 is 0 Å². The molecule has 1 aliphatic heterocycles. The van der Waals surface area contributed by atoms with E-state index in [-0.39, 0.29) is 6.61 Å². The number of hydrogen-bond donors (Lipinski definition) is 1. The minimum atomic E-state index is 0.0994. The first kappa shape index (κ1) is 12.9. The summed E-state index contributed by atoms with van der Waals surface area (Å²) in [7, 11) is 1.72. The number of fused-ring (bicyclic) bond motifs is 1. The number of likely N-dealkylation sites (tertiary alicyclic amines) is 1. The van der Waals surface area contributed by atoms with Crippen molar-refractivity contribution in [1.29, 1.82) is 0 Å². The van der Waals surface area contributed by atoms with Crippen LogP contribution in [0.1, 0.15) is 30.4 Å². The quantitative estimate of drug-likeness (QED) is 0.903. The van der Waals surface area contributed by atoms with Gasteiger partial charge in [0, 0.05) is 25.2 Å². The molecule has 1 heterocycles. The van der Waals surface area contributed by atoms with Crippen molar-refractivity contribution in [2.75, 3.05) is 20.2 Å². The second-order valence-corrected chi connectivity index (χ2v) is 5.95. The molecular formula is C16H23NO2. The Morgan fingerprint density at radius 2 is 2.00 bits per heavy atom. The number of methoxy groups -OCH3 is 1. The van der Waals surface area contributed by atoms with E-state index >= 15 is 0 Å². The molecule has 19 heavy (non-hydrogen) atoms. The molecule has 0 bridgehead atoms. The standard InChI is InChI=1S/C16H23NO2/c1-19-16-6-5-12(11-18)7-15(16)10-17-8-13-3-2-4-14(13)9-17/h5-7,13-14,18H,2-4,8-11H2,1H3. The second kappa shape index (κ2) is 5.51. The van der Waals surface area contributed by atoms with E-state index in [1.54, 1.807) is 7.11 Å². The molecule has 3 rings (SSSR count). The zero-order valence-corrected chi connectivity index (χ0v) is 11.6. The number of rotatable bonds is 4. The minimum Gasteiger partial charge on any atom is -0.496 e. The molecule has 1 aromatic carbocycles. The molecule has 104 valence electrons. The van der Waals surface area contributed by atoms with Gasteiger partial charge in [-0.2, -0.15) is 0 Å². The predicted molar refractivity (Wildman–Crippen MR) is 75.0 cm³/mol. The third kappa shape index (κ3) is 2.63. The Hall–Kier alpha value is -1.06. The summed E-state index contributed by atoms with van der Waals surface area (Å²) in [4.78, 5) is 2.55. The highest BCUT2D eigenvalue weighted by atomic mass is 16.5. The molecule has 2 atom stereocenters. The third-order valence-corrected chi connectivity index (χ3v) is 4.72. The van der Waals surface area contributed by atoms with Crippen molar-refractivity contribution < 1.29 is 9.84 Å². The zero-order valence-electron chi connectivity index (χ0n) is 11.6. The molecule has 2 aliphatic rings. The van der Waals surface area contributed by atoms with Gasteiger partial charge in [-0.05, 0) is 42.4 Å². The van der Waals surface area contributed by atoms with Gasteiger partial charge in [0.2, 0.25) is 0 Å². The average Bonchev–Trinajstić information content (AvgIpc) is 2.99. The number of hydrogen-bond acceptors (Lipinski definition) is 3. The Kier molecular flexibility index (Phi) is 3.76. The van der Waals surface area contributed by atoms with Crippen LogP contribution in [0.5, 0.6) is 5.75 Å². The SMILES string of the molecule is COc1ccc(CO)cc1CN1CC2CCCC2C1. The number of aliphatic hydroxyl groups is 1. The first-order valence-electron chi connectivity index (χ1n) is 7.29. The molecule has 3 nitrogen and oxygen atoms in total. The normalized spacial score (nSPS) is 26.6. The molecule has 1 aliphatic carbocycles. The summed E-state index contributed by atoms with van der Waals surface area (Å²) < 4.78 is 5.44. The average molecular weight is 261 g/mol. The van der Waals surface area contributed by atoms with Gasteiger partial charge in [-0.25, -0.2) is 0 Å². The van der Waals surface area contributed by atoms with Crippen molar-refractivity contribution in [3.05, 3.63) is 29.3 Å². The zero-order chi connectivity index (χ0) is 13.2. The summed E-state index contributed by atoms with van der Waals surface area (Å²) >= 11 is 0. The monoisotopic (exact) mass is 261 g/mol. The second-order valence-electron chi connectivity index (χ2n) is 5.95. The van der Waals surface area contributed by atoms with Gasteiger partial charge in [-0.3, -0.25) is 4.90 Å². The molecule has 0 spiro atoms. The van der Waals surface area contributed by atoms with Crippen LogP contribution in [-0.2, 0) is 13.2 Å². The number of ether oxygens (including phenoxy) is 1. The van der Waals surface area contributed by atoms with Crippen molar-refractivity contribution in [3.63, 3.8) is 0 Å². The maximum Gasteiger partial charge on any atom is 0.123 e. The van der Waals surface area contributed by atoms with E-state index in [9.17, 15) is 5.11 Å². The van der Waals surface area contributed by atoms with E-state index in [1.165, 1.54) is 37.9 Å². The first-order valence-corrected chi connectivity index (χ1v) is 7.29. The molecule has 0 aromatic heterocycles. The Morgan fingerprint density at radius 3 is 2.63 bits per heavy atom. The number of aliphatic hydroxyl groups excluding tert-OH is 1. The van der Waals surface area contributed by atoms with Crippen LogP contribution < -0.4 is 4.74 Å². The van der Waals surface area contributed by atoms with E-state index in [1.807, 2.05) is 12.1 Å². The Labute approximate surface area is 115 Å². The molecule has 2 unspecified atom stereocenters. The van der Waals surface area contributed by atoms with Gasteiger partial charge in [0.1, 0.15) is 5.75 Å². The van der Waals surface area contributed by atoms with E-state index in [0.29, 0.717) is 0 Å². The van der Waals surface area contributed by atoms with Crippen LogP contribution in [0.4, 0.5) is 0 Å². The number of nitrogens with zero attached hydrogens (tertiary/aromatic N) is 1. The van der Waals surface area contributed by atoms with Crippen LogP contribution in [0.25, 0.3) is 0 Å². The maximum atomic E-state index is 9.26. The molecule has 2 fully saturated rings. The molecule has 1 aromatic rings. The summed E-state index contributed by atoms with van der Waals surface area (Å²) in [5, 5.41) is 9.26. The van der Waals surface area contributed by atoms with Crippen LogP contribution in [0, 0.1) is 11.8 Å². The minimum absolute atomic E-state index is 0.0994. The molecule has 1 saturated carbocycles. The third-order valence-electron chi connectivity index (χ3n) is 4.72. The molecule has 0 amide bonds. The van der Waals surface area contributed by atoms with E-state index < -0.39 is 0 Å². The Morgan fingerprint density at radius 1 is 1.26 bits per heavy atom. The van der Waals surface area contributed by atoms with Crippen molar-refractivity contribution in [1.82, 2.24) is 4.90 Å². The number of benzene rings is 1. The van der Waals surface area contributed by atoms with Crippen LogP contribution in [-0.4, -0.2) is 30.2 Å². The van der Waals surface area contributed by atoms with E-state index in [0.717, 1.165) is 29.7 Å². The lowest BCUT2D eigenvalue weighted by Crippen LogP contribution is -2.21. The first-order chi connectivity index (χ1) is 9.30. The van der Waals surface area contributed by atoms with E-state index in [4.69, 9.17) is 4.74 Å². The van der Waals surface area contributed by atoms with Crippen molar-refractivity contribution >= 4 is 0 Å². The highest BCUT2D eigenvalue weighted by Gasteiger charge is 2.35. The van der Waals surface area contributed by atoms with E-state index in [2.05, 4.69) is 11.0 Å². The van der Waals surface area contributed by atoms with Gasteiger partial charge < -0.3 is 9.84 Å². The molecule has 0 radical (unpaired) electrons. The lowest BCUT2D eigenvalue weighted by molar-refractivity contribution is 0.279. The molecule has 3 heteroatoms. The Balaban J connectivity index is 1.72.